The third-order valence-electron chi connectivity index (χ3n) is 7.97. The van der Waals surface area contributed by atoms with Gasteiger partial charge < -0.3 is 29.5 Å². The number of benzene rings is 3. The van der Waals surface area contributed by atoms with Crippen molar-refractivity contribution in [2.75, 3.05) is 43.8 Å². The number of carboxylic acids is 1. The van der Waals surface area contributed by atoms with Crippen LogP contribution in [0.25, 0.3) is 0 Å². The number of methoxy groups -OCH3 is 2. The molecule has 1 aliphatic carbocycles. The van der Waals surface area contributed by atoms with Crippen molar-refractivity contribution in [2.24, 2.45) is 5.92 Å². The van der Waals surface area contributed by atoms with Gasteiger partial charge in [0.15, 0.2) is 0 Å². The van der Waals surface area contributed by atoms with Crippen LogP contribution in [0.2, 0.25) is 5.02 Å². The van der Waals surface area contributed by atoms with Crippen molar-refractivity contribution >= 4 is 46.6 Å². The minimum absolute atomic E-state index is 0.165. The first-order chi connectivity index (χ1) is 20.9. The fourth-order valence-corrected chi connectivity index (χ4v) is 6.52. The van der Waals surface area contributed by atoms with E-state index in [0.717, 1.165) is 6.07 Å². The van der Waals surface area contributed by atoms with Crippen LogP contribution in [0.5, 0.6) is 17.2 Å². The number of halogens is 4. The molecule has 0 radical (unpaired) electrons. The molecule has 44 heavy (non-hydrogen) atoms. The molecule has 234 valence electrons. The lowest BCUT2D eigenvalue weighted by atomic mass is 10.0. The van der Waals surface area contributed by atoms with E-state index in [1.165, 1.54) is 36.9 Å². The number of amides is 1. The Hall–Kier alpha value is -3.77. The zero-order valence-electron chi connectivity index (χ0n) is 24.0. The summed E-state index contributed by atoms with van der Waals surface area (Å²) < 4.78 is 57.1. The highest BCUT2D eigenvalue weighted by Crippen LogP contribution is 2.53. The van der Waals surface area contributed by atoms with E-state index in [1.54, 1.807) is 48.7 Å². The van der Waals surface area contributed by atoms with Crippen LogP contribution in [0.15, 0.2) is 54.6 Å². The molecule has 8 nitrogen and oxygen atoms in total. The van der Waals surface area contributed by atoms with Crippen LogP contribution < -0.4 is 24.4 Å². The Kier molecular flexibility index (Phi) is 8.86. The third kappa shape index (κ3) is 6.23. The molecule has 3 aromatic carbocycles. The average Bonchev–Trinajstić information content (AvgIpc) is 3.59. The normalized spacial score (nSPS) is 19.6. The van der Waals surface area contributed by atoms with Gasteiger partial charge >= 0.3 is 12.1 Å². The van der Waals surface area contributed by atoms with E-state index in [1.807, 2.05) is 0 Å². The molecule has 3 aromatic rings. The number of hydrogen-bond donors (Lipinski definition) is 2. The number of carboxylic acid groups (broad SMARTS) is 1. The Labute approximate surface area is 261 Å². The van der Waals surface area contributed by atoms with E-state index in [2.05, 4.69) is 5.32 Å². The summed E-state index contributed by atoms with van der Waals surface area (Å²) in [5.74, 6) is -0.998. The highest BCUT2D eigenvalue weighted by atomic mass is 35.5. The van der Waals surface area contributed by atoms with Gasteiger partial charge in [0.2, 0.25) is 0 Å². The molecule has 2 N–H and O–H groups in total. The molecule has 13 heteroatoms. The summed E-state index contributed by atoms with van der Waals surface area (Å²) in [6.45, 7) is 0.355. The first-order valence-electron chi connectivity index (χ1n) is 13.6. The maximum absolute atomic E-state index is 14.1. The van der Waals surface area contributed by atoms with Crippen molar-refractivity contribution in [3.63, 3.8) is 0 Å². The van der Waals surface area contributed by atoms with Gasteiger partial charge in [0, 0.05) is 47.1 Å². The number of fused-ring (bicyclic) bond motifs is 1. The van der Waals surface area contributed by atoms with Crippen molar-refractivity contribution in [2.45, 2.75) is 29.8 Å². The Balaban J connectivity index is 1.45. The average molecular weight is 651 g/mol. The highest BCUT2D eigenvalue weighted by Gasteiger charge is 2.60. The highest BCUT2D eigenvalue weighted by molar-refractivity contribution is 8.01. The van der Waals surface area contributed by atoms with Crippen LogP contribution in [0.3, 0.4) is 0 Å². The van der Waals surface area contributed by atoms with Gasteiger partial charge in [0.05, 0.1) is 26.4 Å². The second-order valence-electron chi connectivity index (χ2n) is 10.6. The second-order valence-corrected chi connectivity index (χ2v) is 12.1. The van der Waals surface area contributed by atoms with Crippen molar-refractivity contribution in [3.8, 4) is 17.2 Å². The zero-order chi connectivity index (χ0) is 31.8. The minimum atomic E-state index is -4.68. The summed E-state index contributed by atoms with van der Waals surface area (Å²) in [5.41, 5.74) is 0.750. The molecule has 3 atom stereocenters. The van der Waals surface area contributed by atoms with Gasteiger partial charge in [-0.1, -0.05) is 23.7 Å². The van der Waals surface area contributed by atoms with Crippen molar-refractivity contribution in [1.29, 1.82) is 0 Å². The maximum Gasteiger partial charge on any atom is 0.420 e. The van der Waals surface area contributed by atoms with Crippen LogP contribution >= 0.6 is 23.4 Å². The van der Waals surface area contributed by atoms with E-state index in [4.69, 9.17) is 25.8 Å². The van der Waals surface area contributed by atoms with Crippen LogP contribution in [-0.2, 0) is 22.2 Å². The largest absolute Gasteiger partial charge is 0.497 e. The molecule has 1 fully saturated rings. The summed E-state index contributed by atoms with van der Waals surface area (Å²) in [5, 5.41) is 13.3. The molecule has 0 saturated heterocycles. The van der Waals surface area contributed by atoms with Crippen molar-refractivity contribution in [1.82, 2.24) is 0 Å². The number of carbonyl (C=O) groups excluding carboxylic acids is 1. The van der Waals surface area contributed by atoms with Gasteiger partial charge in [-0.25, -0.2) is 0 Å². The van der Waals surface area contributed by atoms with Gasteiger partial charge in [0.25, 0.3) is 5.91 Å². The van der Waals surface area contributed by atoms with E-state index in [-0.39, 0.29) is 30.5 Å². The van der Waals surface area contributed by atoms with Crippen LogP contribution in [0.4, 0.5) is 24.5 Å². The minimum Gasteiger partial charge on any atom is -0.497 e. The monoisotopic (exact) mass is 650 g/mol. The number of nitrogens with zero attached hydrogens (tertiary/aromatic N) is 1. The number of carbonyl (C=O) groups is 2. The third-order valence-corrected chi connectivity index (χ3v) is 9.63. The molecule has 0 bridgehead atoms. The Morgan fingerprint density at radius 3 is 2.41 bits per heavy atom. The van der Waals surface area contributed by atoms with E-state index < -0.39 is 34.4 Å². The number of hydrogen-bond acceptors (Lipinski definition) is 7. The predicted molar refractivity (Wildman–Crippen MR) is 162 cm³/mol. The second kappa shape index (κ2) is 12.3. The van der Waals surface area contributed by atoms with Crippen molar-refractivity contribution < 1.29 is 42.1 Å². The lowest BCUT2D eigenvalue weighted by Crippen LogP contribution is -2.37. The first kappa shape index (κ1) is 31.6. The molecule has 1 amide bonds. The molecule has 1 aliphatic heterocycles. The Morgan fingerprint density at radius 1 is 1.11 bits per heavy atom. The molecule has 1 heterocycles. The van der Waals surface area contributed by atoms with Gasteiger partial charge in [-0.2, -0.15) is 13.2 Å². The van der Waals surface area contributed by atoms with Gasteiger partial charge in [0.1, 0.15) is 28.0 Å². The number of rotatable bonds is 11. The smallest absolute Gasteiger partial charge is 0.420 e. The number of anilines is 2. The lowest BCUT2D eigenvalue weighted by molar-refractivity contribution is -0.139. The van der Waals surface area contributed by atoms with E-state index in [9.17, 15) is 27.9 Å². The topological polar surface area (TPSA) is 97.3 Å². The summed E-state index contributed by atoms with van der Waals surface area (Å²) in [6, 6.07) is 12.8. The van der Waals surface area contributed by atoms with Crippen molar-refractivity contribution in [3.05, 3.63) is 76.3 Å². The molecule has 0 aromatic heterocycles. The van der Waals surface area contributed by atoms with Crippen LogP contribution in [0, 0.1) is 5.92 Å². The number of nitrogens with one attached hydrogen (secondary N) is 1. The number of ether oxygens (including phenoxy) is 3. The van der Waals surface area contributed by atoms with Crippen LogP contribution in [-0.4, -0.2) is 55.4 Å². The SMILES string of the molecule is COc1cc(NC(C(=O)N2CCc3cc(OC)c(C(F)(F)F)cc32)c2ccc(Cl)cc2)cc(OC[C@H]2C[C@]2(SC)C(=O)O)c1. The Morgan fingerprint density at radius 2 is 1.82 bits per heavy atom. The molecule has 2 aliphatic rings. The summed E-state index contributed by atoms with van der Waals surface area (Å²) >= 11 is 7.39. The predicted octanol–water partition coefficient (Wildman–Crippen LogP) is 6.70. The molecule has 5 rings (SSSR count). The first-order valence-corrected chi connectivity index (χ1v) is 15.2. The maximum atomic E-state index is 14.1. The molecule has 1 unspecified atom stereocenters. The quantitative estimate of drug-likeness (QED) is 0.237. The lowest BCUT2D eigenvalue weighted by Gasteiger charge is -2.27. The zero-order valence-corrected chi connectivity index (χ0v) is 25.6. The summed E-state index contributed by atoms with van der Waals surface area (Å²) in [4.78, 5) is 27.2. The Bertz CT molecular complexity index is 1570. The van der Waals surface area contributed by atoms with E-state index >= 15 is 0 Å². The standard InChI is InChI=1S/C31H30ClF3N2O6S/c1-41-22-11-21(12-23(13-22)43-16-19-15-30(19,44-3)29(39)40)36-27(17-4-6-20(32)7-5-17)28(38)37-9-8-18-10-26(42-2)24(14-25(18)37)31(33,34)35/h4-7,10-14,19,27,36H,8-9,15-16H2,1-3H3,(H,39,40)/t19-,27?,30-/m1/s1. The molecule has 0 spiro atoms. The van der Waals surface area contributed by atoms with Gasteiger partial charge in [-0.05, 0) is 54.5 Å². The molecule has 1 saturated carbocycles. The molecular formula is C31H30ClF3N2O6S. The van der Waals surface area contributed by atoms with Gasteiger partial charge in [-0.15, -0.1) is 11.8 Å². The van der Waals surface area contributed by atoms with E-state index in [0.29, 0.717) is 46.2 Å². The summed E-state index contributed by atoms with van der Waals surface area (Å²) in [7, 11) is 2.65. The fourth-order valence-electron chi connectivity index (χ4n) is 5.45. The number of alkyl halides is 3. The number of thioether (sulfide) groups is 1. The fraction of sp³-hybridized carbons (Fsp3) is 0.355. The number of aliphatic carboxylic acids is 1. The molecular weight excluding hydrogens is 621 g/mol. The van der Waals surface area contributed by atoms with Crippen LogP contribution in [0.1, 0.15) is 29.2 Å². The summed E-state index contributed by atoms with van der Waals surface area (Å²) in [6.07, 6.45) is -2.07. The van der Waals surface area contributed by atoms with Gasteiger partial charge in [-0.3, -0.25) is 9.59 Å².